The van der Waals surface area contributed by atoms with Crippen LogP contribution in [0.4, 0.5) is 0 Å². The summed E-state index contributed by atoms with van der Waals surface area (Å²) in [5.41, 5.74) is 0.198. The average molecular weight is 873 g/mol. The number of sulfonamides is 1. The lowest BCUT2D eigenvalue weighted by atomic mass is 9.86. The molecule has 0 spiro atoms. The molecule has 5 fully saturated rings. The molecule has 6 aliphatic rings. The fraction of sp³-hybridized carbons (Fsp3) is 0.646. The molecule has 8 rings (SSSR count). The van der Waals surface area contributed by atoms with Crippen LogP contribution in [0.3, 0.4) is 0 Å². The van der Waals surface area contributed by atoms with Gasteiger partial charge in [-0.1, -0.05) is 43.2 Å². The Kier molecular flexibility index (Phi) is 13.4. The molecule has 1 N–H and O–H groups in total. The van der Waals surface area contributed by atoms with E-state index in [1.807, 2.05) is 38.4 Å². The quantitative estimate of drug-likeness (QED) is 0.133. The number of nitrogens with one attached hydrogen (secondary N) is 1. The fourth-order valence-corrected chi connectivity index (χ4v) is 12.0. The minimum absolute atomic E-state index is 0.0415. The van der Waals surface area contributed by atoms with Gasteiger partial charge in [-0.25, -0.2) is 13.4 Å². The summed E-state index contributed by atoms with van der Waals surface area (Å²) in [5.74, 6) is -1.51. The third-order valence-corrected chi connectivity index (χ3v) is 16.2. The first kappa shape index (κ1) is 44.3. The molecule has 4 saturated carbocycles. The molecule has 2 bridgehead atoms. The van der Waals surface area contributed by atoms with Crippen molar-refractivity contribution in [3.63, 3.8) is 0 Å². The molecule has 2 aromatic rings. The average Bonchev–Trinajstić information content (AvgIpc) is 4.03. The highest BCUT2D eigenvalue weighted by Gasteiger charge is 2.61. The van der Waals surface area contributed by atoms with Crippen LogP contribution < -0.4 is 14.2 Å². The number of rotatable bonds is 13. The molecule has 0 radical (unpaired) electrons. The predicted octanol–water partition coefficient (Wildman–Crippen LogP) is 6.47. The normalized spacial score (nSPS) is 30.1. The lowest BCUT2D eigenvalue weighted by molar-refractivity contribution is -0.156. The Morgan fingerprint density at radius 3 is 2.53 bits per heavy atom. The number of amides is 2. The molecule has 1 unspecified atom stereocenters. The van der Waals surface area contributed by atoms with Crippen molar-refractivity contribution in [1.82, 2.24) is 19.5 Å². The minimum Gasteiger partial charge on any atom is -0.492 e. The van der Waals surface area contributed by atoms with E-state index in [9.17, 15) is 22.8 Å². The summed E-state index contributed by atoms with van der Waals surface area (Å²) in [4.78, 5) is 66.3. The van der Waals surface area contributed by atoms with E-state index >= 15 is 4.79 Å². The van der Waals surface area contributed by atoms with Gasteiger partial charge in [0.05, 0.1) is 53.3 Å². The summed E-state index contributed by atoms with van der Waals surface area (Å²) in [6.45, 7) is 5.30. The van der Waals surface area contributed by atoms with E-state index in [1.165, 1.54) is 0 Å². The monoisotopic (exact) mass is 872 g/mol. The highest BCUT2D eigenvalue weighted by molar-refractivity contribution is 7.90. The standard InChI is InChI=1S/C48H64N4O9S/c1-4-33-28-48(33,47(56)50-62(57,58)35-22-23-35)29-41(53)40-26-34-30-52(40)46(55)38(31-14-8-9-15-31)27-43(54)61-42-21-12-17-32(42)16-6-5-7-19-37-44(59-25-13-24-51(2)3)36-18-10-11-20-39(36)49-45(37)60-34/h4-5,7,10-11,18,20,31-35,38,40,42H,1,6,8-9,12-17,19,21-30H2,2-3H3,(H,50,56)/b7-5+/t32-,33?,34-,38+,40+,42-,48-/m1/s1. The first-order chi connectivity index (χ1) is 29.9. The van der Waals surface area contributed by atoms with Gasteiger partial charge in [0, 0.05) is 24.8 Å². The molecule has 1 aromatic heterocycles. The van der Waals surface area contributed by atoms with Gasteiger partial charge in [0.1, 0.15) is 18.0 Å². The number of hydrogen-bond donors (Lipinski definition) is 1. The van der Waals surface area contributed by atoms with E-state index < -0.39 is 50.6 Å². The number of allylic oxidation sites excluding steroid dienone is 3. The summed E-state index contributed by atoms with van der Waals surface area (Å²) in [6.07, 6.45) is 15.4. The van der Waals surface area contributed by atoms with Gasteiger partial charge in [0.2, 0.25) is 27.7 Å². The first-order valence-electron chi connectivity index (χ1n) is 23.1. The Bertz CT molecular complexity index is 2170. The number of ketones is 1. The Morgan fingerprint density at radius 1 is 1.02 bits per heavy atom. The van der Waals surface area contributed by atoms with Crippen LogP contribution in [0.2, 0.25) is 0 Å². The van der Waals surface area contributed by atoms with Crippen LogP contribution in [-0.4, -0.2) is 104 Å². The third kappa shape index (κ3) is 9.76. The zero-order valence-electron chi connectivity index (χ0n) is 36.4. The summed E-state index contributed by atoms with van der Waals surface area (Å²) < 4.78 is 47.8. The summed E-state index contributed by atoms with van der Waals surface area (Å²) in [6, 6.07) is 6.84. The third-order valence-electron chi connectivity index (χ3n) is 14.4. The number of ether oxygens (including phenoxy) is 3. The van der Waals surface area contributed by atoms with Crippen LogP contribution in [0.1, 0.15) is 108 Å². The van der Waals surface area contributed by atoms with Crippen molar-refractivity contribution in [3.8, 4) is 11.6 Å². The number of nitrogens with zero attached hydrogens (tertiary/aromatic N) is 3. The van der Waals surface area contributed by atoms with Gasteiger partial charge >= 0.3 is 5.97 Å². The molecule has 4 aliphatic carbocycles. The summed E-state index contributed by atoms with van der Waals surface area (Å²) in [7, 11) is 0.201. The first-order valence-corrected chi connectivity index (χ1v) is 24.6. The van der Waals surface area contributed by atoms with Gasteiger partial charge in [-0.15, -0.1) is 6.58 Å². The SMILES string of the molecule is C=CC1C[C@]1(CC(=O)[C@@H]1C[C@@H]2CN1C(=O)[C@H](C1CCCC1)CC(=O)O[C@@H]1CCC[C@H]1CC/C=C/Cc1c(nc3ccccc3c1OCCCN(C)C)O2)C(=O)NS(=O)(=O)C1CC1. The molecule has 7 atom stereocenters. The lowest BCUT2D eigenvalue weighted by Crippen LogP contribution is -2.47. The molecule has 13 nitrogen and oxygen atoms in total. The predicted molar refractivity (Wildman–Crippen MR) is 235 cm³/mol. The molecular weight excluding hydrogens is 809 g/mol. The Labute approximate surface area is 366 Å². The van der Waals surface area contributed by atoms with Gasteiger partial charge < -0.3 is 24.0 Å². The number of pyridine rings is 1. The van der Waals surface area contributed by atoms with Crippen molar-refractivity contribution in [2.45, 2.75) is 133 Å². The van der Waals surface area contributed by atoms with E-state index in [0.717, 1.165) is 81.7 Å². The maximum Gasteiger partial charge on any atom is 0.306 e. The van der Waals surface area contributed by atoms with Crippen molar-refractivity contribution in [3.05, 3.63) is 54.6 Å². The van der Waals surface area contributed by atoms with Crippen LogP contribution in [0.15, 0.2) is 49.1 Å². The van der Waals surface area contributed by atoms with E-state index in [0.29, 0.717) is 43.0 Å². The van der Waals surface area contributed by atoms with Crippen LogP contribution >= 0.6 is 0 Å². The molecule has 336 valence electrons. The van der Waals surface area contributed by atoms with Crippen LogP contribution in [-0.2, 0) is 40.4 Å². The molecule has 1 aromatic carbocycles. The van der Waals surface area contributed by atoms with E-state index in [2.05, 4.69) is 28.4 Å². The number of carbonyl (C=O) groups excluding carboxylic acids is 4. The van der Waals surface area contributed by atoms with Gasteiger partial charge in [-0.05, 0) is 121 Å². The maximum absolute atomic E-state index is 15.1. The number of Topliss-reactive ketones (excluding diaryl/α,β-unsaturated/α-hetero) is 1. The Morgan fingerprint density at radius 2 is 1.79 bits per heavy atom. The lowest BCUT2D eigenvalue weighted by Gasteiger charge is -2.31. The second kappa shape index (κ2) is 18.8. The van der Waals surface area contributed by atoms with Crippen LogP contribution in [0.5, 0.6) is 11.6 Å². The molecule has 3 heterocycles. The molecule has 1 saturated heterocycles. The summed E-state index contributed by atoms with van der Waals surface area (Å²) in [5, 5.41) is 0.265. The van der Waals surface area contributed by atoms with Crippen molar-refractivity contribution in [1.29, 1.82) is 0 Å². The molecular formula is C48H64N4O9S. The number of para-hydroxylation sites is 1. The minimum atomic E-state index is -3.86. The zero-order valence-corrected chi connectivity index (χ0v) is 37.3. The second-order valence-electron chi connectivity index (χ2n) is 19.1. The van der Waals surface area contributed by atoms with Gasteiger partial charge in [0.25, 0.3) is 0 Å². The number of esters is 1. The number of carbonyl (C=O) groups is 4. The van der Waals surface area contributed by atoms with Crippen molar-refractivity contribution >= 4 is 44.5 Å². The fourth-order valence-electron chi connectivity index (χ4n) is 10.6. The van der Waals surface area contributed by atoms with Crippen LogP contribution in [0, 0.1) is 29.1 Å². The van der Waals surface area contributed by atoms with E-state index in [1.54, 1.807) is 11.0 Å². The highest BCUT2D eigenvalue weighted by Crippen LogP contribution is 2.57. The molecule has 2 aliphatic heterocycles. The molecule has 62 heavy (non-hydrogen) atoms. The Balaban J connectivity index is 1.15. The Hall–Kier alpha value is -4.30. The largest absolute Gasteiger partial charge is 0.492 e. The number of aromatic nitrogens is 1. The second-order valence-corrected chi connectivity index (χ2v) is 21.0. The maximum atomic E-state index is 15.1. The molecule has 2 amide bonds. The molecule has 14 heteroatoms. The highest BCUT2D eigenvalue weighted by atomic mass is 32.2. The van der Waals surface area contributed by atoms with Crippen molar-refractivity contribution in [2.75, 3.05) is 33.8 Å². The van der Waals surface area contributed by atoms with E-state index in [4.69, 9.17) is 19.2 Å². The summed E-state index contributed by atoms with van der Waals surface area (Å²) >= 11 is 0. The number of hydrogen-bond acceptors (Lipinski definition) is 11. The number of fused-ring (bicyclic) bond motifs is 5. The van der Waals surface area contributed by atoms with Crippen LogP contribution in [0.25, 0.3) is 10.9 Å². The smallest absolute Gasteiger partial charge is 0.306 e. The van der Waals surface area contributed by atoms with Gasteiger partial charge in [-0.3, -0.25) is 23.9 Å². The van der Waals surface area contributed by atoms with Gasteiger partial charge in [0.15, 0.2) is 5.78 Å². The van der Waals surface area contributed by atoms with Crippen molar-refractivity contribution < 1.29 is 41.8 Å². The van der Waals surface area contributed by atoms with Gasteiger partial charge in [-0.2, -0.15) is 0 Å². The number of benzene rings is 1. The topological polar surface area (TPSA) is 162 Å². The van der Waals surface area contributed by atoms with Crippen molar-refractivity contribution in [2.24, 2.45) is 29.1 Å². The van der Waals surface area contributed by atoms with E-state index in [-0.39, 0.29) is 67.8 Å². The zero-order chi connectivity index (χ0) is 43.6.